The smallest absolute Gasteiger partial charge is 0.192 e. The lowest BCUT2D eigenvalue weighted by Crippen LogP contribution is -2.49. The van der Waals surface area contributed by atoms with E-state index in [2.05, 4.69) is 99.5 Å². The average Bonchev–Trinajstić information content (AvgIpc) is 3.02. The van der Waals surface area contributed by atoms with Crippen LogP contribution in [-0.2, 0) is 13.6 Å². The van der Waals surface area contributed by atoms with Crippen molar-refractivity contribution in [3.8, 4) is 0 Å². The standard InChI is InChI=1S/C33H56O3Si2/c1-14-27-29(34)22-28-24(16-15-19-33(27,28)9)17-18-25-20-26(35-37(10,11)31(3,4)5)21-30(23(25)2)36-38(12,13)32(6,7)8/h14,17-18,26,28,30H,2,15-16,19-22H2,1,3-13H3/b24-17?,25-18?,27-14-/t26-,28+,30+,33-/m1/s1. The van der Waals surface area contributed by atoms with Crippen LogP contribution in [-0.4, -0.2) is 34.6 Å². The van der Waals surface area contributed by atoms with Gasteiger partial charge in [-0.05, 0) is 91.5 Å². The topological polar surface area (TPSA) is 35.5 Å². The zero-order valence-corrected chi connectivity index (χ0v) is 28.6. The van der Waals surface area contributed by atoms with Crippen molar-refractivity contribution in [3.63, 3.8) is 0 Å². The Balaban J connectivity index is 1.96. The van der Waals surface area contributed by atoms with Gasteiger partial charge < -0.3 is 8.85 Å². The zero-order chi connectivity index (χ0) is 28.9. The van der Waals surface area contributed by atoms with Crippen molar-refractivity contribution in [2.24, 2.45) is 11.3 Å². The highest BCUT2D eigenvalue weighted by Gasteiger charge is 2.50. The number of Topliss-reactive ketones (excluding diaryl/α,β-unsaturated/α-hetero) is 1. The molecule has 3 nitrogen and oxygen atoms in total. The molecule has 3 rings (SSSR count). The summed E-state index contributed by atoms with van der Waals surface area (Å²) < 4.78 is 14.0. The fraction of sp³-hybridized carbons (Fsp3) is 0.727. The normalized spacial score (nSPS) is 32.9. The molecular formula is C33H56O3Si2. The van der Waals surface area contributed by atoms with E-state index in [0.717, 1.165) is 43.3 Å². The Labute approximate surface area is 236 Å². The molecule has 4 atom stereocenters. The van der Waals surface area contributed by atoms with Gasteiger partial charge in [0.1, 0.15) is 0 Å². The summed E-state index contributed by atoms with van der Waals surface area (Å²) in [6.45, 7) is 32.2. The van der Waals surface area contributed by atoms with Gasteiger partial charge in [-0.3, -0.25) is 4.79 Å². The highest BCUT2D eigenvalue weighted by molar-refractivity contribution is 6.74. The largest absolute Gasteiger partial charge is 0.413 e. The Morgan fingerprint density at radius 3 is 2.08 bits per heavy atom. The zero-order valence-electron chi connectivity index (χ0n) is 26.6. The molecule has 3 aliphatic rings. The first-order valence-electron chi connectivity index (χ1n) is 14.9. The molecule has 214 valence electrons. The lowest BCUT2D eigenvalue weighted by atomic mass is 9.65. The number of carbonyl (C=O) groups is 1. The third-order valence-electron chi connectivity index (χ3n) is 10.7. The van der Waals surface area contributed by atoms with Crippen LogP contribution in [0.3, 0.4) is 0 Å². The van der Waals surface area contributed by atoms with Gasteiger partial charge in [-0.2, -0.15) is 0 Å². The number of hydrogen-bond donors (Lipinski definition) is 0. The predicted octanol–water partition coefficient (Wildman–Crippen LogP) is 9.70. The molecule has 3 saturated carbocycles. The maximum absolute atomic E-state index is 12.8. The van der Waals surface area contributed by atoms with Crippen molar-refractivity contribution in [3.05, 3.63) is 47.1 Å². The molecule has 0 aromatic rings. The summed E-state index contributed by atoms with van der Waals surface area (Å²) in [7, 11) is -3.91. The van der Waals surface area contributed by atoms with Crippen LogP contribution < -0.4 is 0 Å². The second kappa shape index (κ2) is 10.8. The maximum atomic E-state index is 12.8. The molecule has 0 spiro atoms. The number of carbonyl (C=O) groups excluding carboxylic acids is 1. The number of allylic oxidation sites excluding steroid dienone is 5. The van der Waals surface area contributed by atoms with Crippen LogP contribution >= 0.6 is 0 Å². The third kappa shape index (κ3) is 6.16. The molecule has 0 heterocycles. The van der Waals surface area contributed by atoms with Crippen molar-refractivity contribution >= 4 is 22.4 Å². The summed E-state index contributed by atoms with van der Waals surface area (Å²) in [5, 5.41) is 0.299. The summed E-state index contributed by atoms with van der Waals surface area (Å²) in [6, 6.07) is 0. The van der Waals surface area contributed by atoms with E-state index >= 15 is 0 Å². The van der Waals surface area contributed by atoms with E-state index in [-0.39, 0.29) is 27.7 Å². The van der Waals surface area contributed by atoms with Gasteiger partial charge in [0.25, 0.3) is 0 Å². The SMILES string of the molecule is C=C1C(=CC=C2CCC[C@]3(C)/C(=C\C)C(=O)C[C@@H]23)C[C@@H](O[Si](C)(C)C(C)(C)C)C[C@@H]1O[Si](C)(C)C(C)(C)C. The highest BCUT2D eigenvalue weighted by atomic mass is 28.4. The Hall–Kier alpha value is -1.02. The molecule has 0 saturated heterocycles. The summed E-state index contributed by atoms with van der Waals surface area (Å²) >= 11 is 0. The van der Waals surface area contributed by atoms with Gasteiger partial charge in [0, 0.05) is 18.3 Å². The Kier molecular flexibility index (Phi) is 8.92. The summed E-state index contributed by atoms with van der Waals surface area (Å²) in [6.07, 6.45) is 12.6. The molecule has 0 N–H and O–H groups in total. The number of rotatable bonds is 5. The first kappa shape index (κ1) is 31.5. The molecule has 3 aliphatic carbocycles. The minimum Gasteiger partial charge on any atom is -0.413 e. The van der Waals surface area contributed by atoms with Gasteiger partial charge >= 0.3 is 0 Å². The fourth-order valence-electron chi connectivity index (χ4n) is 6.17. The Morgan fingerprint density at radius 1 is 0.947 bits per heavy atom. The van der Waals surface area contributed by atoms with E-state index < -0.39 is 16.6 Å². The van der Waals surface area contributed by atoms with E-state index in [9.17, 15) is 4.79 Å². The van der Waals surface area contributed by atoms with Crippen LogP contribution in [0.15, 0.2) is 47.1 Å². The Bertz CT molecular complexity index is 1030. The molecule has 0 aromatic heterocycles. The van der Waals surface area contributed by atoms with E-state index in [1.54, 1.807) is 0 Å². The first-order valence-corrected chi connectivity index (χ1v) is 20.7. The van der Waals surface area contributed by atoms with Gasteiger partial charge in [0.15, 0.2) is 22.4 Å². The van der Waals surface area contributed by atoms with Gasteiger partial charge in [-0.15, -0.1) is 0 Å². The van der Waals surface area contributed by atoms with Crippen LogP contribution in [0.4, 0.5) is 0 Å². The fourth-order valence-corrected chi connectivity index (χ4v) is 8.84. The van der Waals surface area contributed by atoms with Crippen LogP contribution in [0.2, 0.25) is 36.3 Å². The third-order valence-corrected chi connectivity index (χ3v) is 19.7. The van der Waals surface area contributed by atoms with Crippen LogP contribution in [0.5, 0.6) is 0 Å². The van der Waals surface area contributed by atoms with Gasteiger partial charge in [0.2, 0.25) is 0 Å². The van der Waals surface area contributed by atoms with Gasteiger partial charge in [-0.25, -0.2) is 0 Å². The molecule has 0 amide bonds. The summed E-state index contributed by atoms with van der Waals surface area (Å²) in [5.74, 6) is 0.662. The number of hydrogen-bond acceptors (Lipinski definition) is 3. The monoisotopic (exact) mass is 556 g/mol. The van der Waals surface area contributed by atoms with E-state index in [1.165, 1.54) is 11.1 Å². The van der Waals surface area contributed by atoms with Crippen LogP contribution in [0.1, 0.15) is 93.9 Å². The van der Waals surface area contributed by atoms with Crippen molar-refractivity contribution in [2.45, 2.75) is 142 Å². The number of fused-ring (bicyclic) bond motifs is 1. The Morgan fingerprint density at radius 2 is 1.53 bits per heavy atom. The lowest BCUT2D eigenvalue weighted by molar-refractivity contribution is -0.114. The van der Waals surface area contributed by atoms with Crippen molar-refractivity contribution < 1.29 is 13.6 Å². The predicted molar refractivity (Wildman–Crippen MR) is 168 cm³/mol. The summed E-state index contributed by atoms with van der Waals surface area (Å²) in [4.78, 5) is 12.8. The van der Waals surface area contributed by atoms with E-state index in [1.807, 2.05) is 6.92 Å². The second-order valence-electron chi connectivity index (χ2n) is 15.4. The molecule has 0 unspecified atom stereocenters. The average molecular weight is 557 g/mol. The molecule has 3 fully saturated rings. The number of ketones is 1. The van der Waals surface area contributed by atoms with E-state index in [0.29, 0.717) is 18.1 Å². The maximum Gasteiger partial charge on any atom is 0.192 e. The first-order chi connectivity index (χ1) is 17.2. The van der Waals surface area contributed by atoms with Crippen molar-refractivity contribution in [2.75, 3.05) is 0 Å². The summed E-state index contributed by atoms with van der Waals surface area (Å²) in [5.41, 5.74) is 4.85. The van der Waals surface area contributed by atoms with E-state index in [4.69, 9.17) is 8.85 Å². The lowest BCUT2D eigenvalue weighted by Gasteiger charge is -2.45. The van der Waals surface area contributed by atoms with Crippen molar-refractivity contribution in [1.29, 1.82) is 0 Å². The highest BCUT2D eigenvalue weighted by Crippen LogP contribution is 2.55. The molecule has 0 bridgehead atoms. The van der Waals surface area contributed by atoms with Crippen LogP contribution in [0.25, 0.3) is 0 Å². The second-order valence-corrected chi connectivity index (χ2v) is 24.9. The minimum atomic E-state index is -1.98. The quantitative estimate of drug-likeness (QED) is 0.250. The minimum absolute atomic E-state index is 0.0108. The molecule has 0 aliphatic heterocycles. The van der Waals surface area contributed by atoms with Gasteiger partial charge in [-0.1, -0.05) is 78.8 Å². The molecule has 38 heavy (non-hydrogen) atoms. The molecule has 0 radical (unpaired) electrons. The molecule has 0 aromatic carbocycles. The molecular weight excluding hydrogens is 501 g/mol. The molecule has 5 heteroatoms. The van der Waals surface area contributed by atoms with Gasteiger partial charge in [0.05, 0.1) is 12.2 Å². The van der Waals surface area contributed by atoms with Crippen LogP contribution in [0, 0.1) is 11.3 Å². The van der Waals surface area contributed by atoms with Crippen molar-refractivity contribution in [1.82, 2.24) is 0 Å².